The van der Waals surface area contributed by atoms with Crippen LogP contribution in [0.3, 0.4) is 0 Å². The fourth-order valence-electron chi connectivity index (χ4n) is 5.85. The van der Waals surface area contributed by atoms with Gasteiger partial charge < -0.3 is 24.8 Å². The molecule has 0 saturated carbocycles. The first-order valence-corrected chi connectivity index (χ1v) is 17.5. The van der Waals surface area contributed by atoms with E-state index in [0.717, 1.165) is 59.6 Å². The van der Waals surface area contributed by atoms with E-state index in [0.29, 0.717) is 40.3 Å². The molecule has 0 radical (unpaired) electrons. The number of aromatic nitrogens is 4. The van der Waals surface area contributed by atoms with Gasteiger partial charge in [0.2, 0.25) is 5.95 Å². The van der Waals surface area contributed by atoms with Gasteiger partial charge in [0, 0.05) is 79.7 Å². The summed E-state index contributed by atoms with van der Waals surface area (Å²) in [4.78, 5) is 13.8. The van der Waals surface area contributed by atoms with E-state index in [1.807, 2.05) is 42.2 Å². The molecule has 0 spiro atoms. The maximum atomic E-state index is 12.9. The van der Waals surface area contributed by atoms with E-state index >= 15 is 0 Å². The molecule has 1 fully saturated rings. The summed E-state index contributed by atoms with van der Waals surface area (Å²) < 4.78 is 34.4. The number of nitrogens with zero attached hydrogens (tertiary/aromatic N) is 6. The zero-order chi connectivity index (χ0) is 30.3. The van der Waals surface area contributed by atoms with Crippen LogP contribution in [0.15, 0.2) is 53.3 Å². The average molecular weight is 670 g/mol. The van der Waals surface area contributed by atoms with E-state index < -0.39 is 7.14 Å². The molecule has 10 nitrogen and oxygen atoms in total. The number of alkyl halides is 1. The third-order valence-electron chi connectivity index (χ3n) is 8.08. The Morgan fingerprint density at radius 2 is 1.91 bits per heavy atom. The van der Waals surface area contributed by atoms with E-state index in [4.69, 9.17) is 9.72 Å². The van der Waals surface area contributed by atoms with Crippen molar-refractivity contribution in [2.45, 2.75) is 12.5 Å². The minimum absolute atomic E-state index is 0.295. The van der Waals surface area contributed by atoms with Crippen molar-refractivity contribution in [3.05, 3.63) is 59.0 Å². The fourth-order valence-corrected chi connectivity index (χ4v) is 7.30. The molecular formula is C30H35BrFN8O2P. The Bertz CT molecular complexity index is 1700. The summed E-state index contributed by atoms with van der Waals surface area (Å²) >= 11 is 3.55. The number of anilines is 5. The van der Waals surface area contributed by atoms with Crippen molar-refractivity contribution in [2.24, 2.45) is 7.05 Å². The SMILES string of the molecule is COc1cc2c(cc1Nc1ncc(Br)c(Nc3ccccc3P(C)(C)=O)n1)-c1cnn(C)c1CCN2C1CN(CCF)C1. The lowest BCUT2D eigenvalue weighted by Gasteiger charge is -2.46. The number of methoxy groups -OCH3 is 1. The number of hydrogen-bond acceptors (Lipinski definition) is 9. The topological polar surface area (TPSA) is 100 Å². The summed E-state index contributed by atoms with van der Waals surface area (Å²) in [5.41, 5.74) is 5.79. The predicted octanol–water partition coefficient (Wildman–Crippen LogP) is 5.40. The van der Waals surface area contributed by atoms with Gasteiger partial charge in [0.15, 0.2) is 0 Å². The Labute approximate surface area is 259 Å². The van der Waals surface area contributed by atoms with Crippen LogP contribution < -0.4 is 25.6 Å². The zero-order valence-corrected chi connectivity index (χ0v) is 27.1. The number of hydrogen-bond donors (Lipinski definition) is 2. The van der Waals surface area contributed by atoms with Crippen molar-refractivity contribution in [1.29, 1.82) is 0 Å². The highest BCUT2D eigenvalue weighted by Gasteiger charge is 2.35. The molecule has 226 valence electrons. The molecular weight excluding hydrogens is 634 g/mol. The van der Waals surface area contributed by atoms with Crippen LogP contribution in [0.2, 0.25) is 0 Å². The molecule has 0 aliphatic carbocycles. The molecule has 2 aliphatic rings. The van der Waals surface area contributed by atoms with Gasteiger partial charge in [0.1, 0.15) is 25.4 Å². The summed E-state index contributed by atoms with van der Waals surface area (Å²) in [6.45, 7) is 6.13. The number of fused-ring (bicyclic) bond motifs is 3. The summed E-state index contributed by atoms with van der Waals surface area (Å²) in [6.07, 6.45) is 4.44. The smallest absolute Gasteiger partial charge is 0.229 e. The zero-order valence-electron chi connectivity index (χ0n) is 24.6. The molecule has 2 aromatic carbocycles. The van der Waals surface area contributed by atoms with Gasteiger partial charge in [-0.3, -0.25) is 9.58 Å². The normalized spacial score (nSPS) is 15.3. The van der Waals surface area contributed by atoms with E-state index in [2.05, 4.69) is 58.6 Å². The molecule has 2 aliphatic heterocycles. The fraction of sp³-hybridized carbons (Fsp3) is 0.367. The van der Waals surface area contributed by atoms with Gasteiger partial charge in [-0.1, -0.05) is 12.1 Å². The highest BCUT2D eigenvalue weighted by atomic mass is 79.9. The molecule has 4 heterocycles. The van der Waals surface area contributed by atoms with Gasteiger partial charge >= 0.3 is 0 Å². The second kappa shape index (κ2) is 11.9. The minimum Gasteiger partial charge on any atom is -0.494 e. The standard InChI is InChI=1S/C30H35BrFN8O2P/c1-38-25-9-11-40(19-17-39(18-19)12-10-32)26-14-27(42-2)24(13-20(26)21(25)15-34-38)36-30-33-16-22(31)29(37-30)35-23-7-5-6-8-28(23)43(3,4)41/h5-8,13-16,19H,9-12,17-18H2,1-4H3,(H2,33,35,36,37). The second-order valence-corrected chi connectivity index (χ2v) is 15.3. The molecule has 0 atom stereocenters. The van der Waals surface area contributed by atoms with Gasteiger partial charge in [-0.15, -0.1) is 0 Å². The van der Waals surface area contributed by atoms with Crippen LogP contribution >= 0.6 is 23.1 Å². The van der Waals surface area contributed by atoms with Crippen LogP contribution in [0.25, 0.3) is 11.1 Å². The molecule has 43 heavy (non-hydrogen) atoms. The summed E-state index contributed by atoms with van der Waals surface area (Å²) in [5, 5.41) is 12.0. The number of nitrogens with one attached hydrogen (secondary N) is 2. The number of halogens is 2. The second-order valence-electron chi connectivity index (χ2n) is 11.3. The maximum absolute atomic E-state index is 12.9. The first kappa shape index (κ1) is 29.6. The molecule has 13 heteroatoms. The highest BCUT2D eigenvalue weighted by Crippen LogP contribution is 2.44. The van der Waals surface area contributed by atoms with Crippen molar-refractivity contribution < 1.29 is 13.7 Å². The van der Waals surface area contributed by atoms with E-state index in [9.17, 15) is 8.96 Å². The van der Waals surface area contributed by atoms with Crippen molar-refractivity contribution >= 4 is 57.2 Å². The Hall–Kier alpha value is -3.47. The third-order valence-corrected chi connectivity index (χ3v) is 10.2. The van der Waals surface area contributed by atoms with Crippen molar-refractivity contribution in [3.8, 4) is 16.9 Å². The van der Waals surface area contributed by atoms with Crippen molar-refractivity contribution in [3.63, 3.8) is 0 Å². The third kappa shape index (κ3) is 5.88. The number of rotatable bonds is 9. The molecule has 0 unspecified atom stereocenters. The molecule has 0 bridgehead atoms. The molecule has 2 N–H and O–H groups in total. The largest absolute Gasteiger partial charge is 0.494 e. The van der Waals surface area contributed by atoms with E-state index in [1.165, 1.54) is 0 Å². The van der Waals surface area contributed by atoms with E-state index in [1.54, 1.807) is 26.6 Å². The molecule has 6 rings (SSSR count). The quantitative estimate of drug-likeness (QED) is 0.227. The number of benzene rings is 2. The summed E-state index contributed by atoms with van der Waals surface area (Å²) in [6, 6.07) is 12.0. The predicted molar refractivity (Wildman–Crippen MR) is 174 cm³/mol. The van der Waals surface area contributed by atoms with Gasteiger partial charge in [-0.25, -0.2) is 9.37 Å². The van der Waals surface area contributed by atoms with Crippen LogP contribution in [-0.4, -0.2) is 84.0 Å². The summed E-state index contributed by atoms with van der Waals surface area (Å²) in [5.74, 6) is 1.56. The number of likely N-dealkylation sites (tertiary alicyclic amines) is 1. The maximum Gasteiger partial charge on any atom is 0.229 e. The Balaban J connectivity index is 1.35. The molecule has 0 amide bonds. The lowest BCUT2D eigenvalue weighted by atomic mass is 10.0. The average Bonchev–Trinajstić information content (AvgIpc) is 3.25. The Morgan fingerprint density at radius 3 is 2.65 bits per heavy atom. The molecule has 1 saturated heterocycles. The van der Waals surface area contributed by atoms with Gasteiger partial charge in [0.25, 0.3) is 0 Å². The van der Waals surface area contributed by atoms with Gasteiger partial charge in [-0.2, -0.15) is 10.1 Å². The Morgan fingerprint density at radius 1 is 1.12 bits per heavy atom. The number of aryl methyl sites for hydroxylation is 1. The van der Waals surface area contributed by atoms with E-state index in [-0.39, 0.29) is 6.67 Å². The summed E-state index contributed by atoms with van der Waals surface area (Å²) in [7, 11) is 1.10. The minimum atomic E-state index is -2.53. The van der Waals surface area contributed by atoms with Crippen LogP contribution in [-0.2, 0) is 18.0 Å². The first-order valence-electron chi connectivity index (χ1n) is 14.2. The highest BCUT2D eigenvalue weighted by molar-refractivity contribution is 9.10. The van der Waals surface area contributed by atoms with Crippen LogP contribution in [0.5, 0.6) is 5.75 Å². The molecule has 4 aromatic rings. The number of ether oxygens (including phenoxy) is 1. The van der Waals surface area contributed by atoms with Crippen molar-refractivity contribution in [1.82, 2.24) is 24.6 Å². The first-order chi connectivity index (χ1) is 20.7. The monoisotopic (exact) mass is 668 g/mol. The number of para-hydroxylation sites is 1. The van der Waals surface area contributed by atoms with Gasteiger partial charge in [0.05, 0.1) is 35.2 Å². The van der Waals surface area contributed by atoms with Crippen LogP contribution in [0.4, 0.5) is 33.2 Å². The van der Waals surface area contributed by atoms with Crippen LogP contribution in [0.1, 0.15) is 5.69 Å². The van der Waals surface area contributed by atoms with Crippen molar-refractivity contribution in [2.75, 3.05) is 68.8 Å². The molecule has 2 aromatic heterocycles. The lowest BCUT2D eigenvalue weighted by molar-refractivity contribution is 0.134. The lowest BCUT2D eigenvalue weighted by Crippen LogP contribution is -2.60. The van der Waals surface area contributed by atoms with Gasteiger partial charge in [-0.05, 0) is 47.5 Å². The van der Waals surface area contributed by atoms with Crippen LogP contribution in [0, 0.1) is 0 Å². The Kier molecular flexibility index (Phi) is 8.19.